The fraction of sp³-hybridized carbons (Fsp3) is 0.423. The lowest BCUT2D eigenvalue weighted by atomic mass is 9.77. The number of hydrogen-bond donors (Lipinski definition) is 2. The number of ether oxygens (including phenoxy) is 1. The van der Waals surface area contributed by atoms with Crippen LogP contribution in [0.1, 0.15) is 44.7 Å². The SMILES string of the molecule is CC(C)C(NC(=O)OCC1c2ccccc2-c2ccccc21)C(C)(C)C(=O)N(C)CC(=O)O. The summed E-state index contributed by atoms with van der Waals surface area (Å²) in [6.45, 7) is 7.00. The molecule has 1 aliphatic carbocycles. The van der Waals surface area contributed by atoms with Crippen LogP contribution in [0.4, 0.5) is 4.79 Å². The zero-order chi connectivity index (χ0) is 24.3. The number of carbonyl (C=O) groups is 3. The number of amides is 2. The molecule has 0 saturated heterocycles. The smallest absolute Gasteiger partial charge is 0.407 e. The van der Waals surface area contributed by atoms with Crippen molar-refractivity contribution in [2.45, 2.75) is 39.7 Å². The Kier molecular flexibility index (Phi) is 7.10. The third-order valence-corrected chi connectivity index (χ3v) is 6.33. The number of alkyl carbamates (subject to hydrolysis) is 1. The quantitative estimate of drug-likeness (QED) is 0.628. The molecule has 0 aliphatic heterocycles. The Balaban J connectivity index is 1.71. The number of rotatable bonds is 8. The van der Waals surface area contributed by atoms with Crippen molar-refractivity contribution in [3.63, 3.8) is 0 Å². The summed E-state index contributed by atoms with van der Waals surface area (Å²) < 4.78 is 5.65. The zero-order valence-electron chi connectivity index (χ0n) is 19.8. The molecule has 33 heavy (non-hydrogen) atoms. The molecule has 0 spiro atoms. The maximum atomic E-state index is 12.9. The van der Waals surface area contributed by atoms with Gasteiger partial charge in [0.05, 0.1) is 5.41 Å². The molecule has 0 heterocycles. The molecular formula is C26H32N2O5. The number of fused-ring (bicyclic) bond motifs is 3. The predicted molar refractivity (Wildman–Crippen MR) is 126 cm³/mol. The minimum absolute atomic E-state index is 0.0583. The van der Waals surface area contributed by atoms with E-state index in [0.717, 1.165) is 27.2 Å². The van der Waals surface area contributed by atoms with E-state index in [1.807, 2.05) is 38.1 Å². The molecule has 2 N–H and O–H groups in total. The van der Waals surface area contributed by atoms with Gasteiger partial charge in [-0.05, 0) is 42.0 Å². The summed E-state index contributed by atoms with van der Waals surface area (Å²) in [6.07, 6.45) is -0.600. The van der Waals surface area contributed by atoms with Gasteiger partial charge in [0.1, 0.15) is 13.2 Å². The summed E-state index contributed by atoms with van der Waals surface area (Å²) in [4.78, 5) is 37.9. The first-order valence-corrected chi connectivity index (χ1v) is 11.1. The molecule has 2 amide bonds. The van der Waals surface area contributed by atoms with Crippen LogP contribution in [0.5, 0.6) is 0 Å². The summed E-state index contributed by atoms with van der Waals surface area (Å²) in [5.41, 5.74) is 3.52. The number of hydrogen-bond acceptors (Lipinski definition) is 4. The number of nitrogens with zero attached hydrogens (tertiary/aromatic N) is 1. The van der Waals surface area contributed by atoms with Gasteiger partial charge >= 0.3 is 12.1 Å². The highest BCUT2D eigenvalue weighted by Gasteiger charge is 2.42. The third-order valence-electron chi connectivity index (χ3n) is 6.33. The van der Waals surface area contributed by atoms with Crippen LogP contribution in [0, 0.1) is 11.3 Å². The van der Waals surface area contributed by atoms with E-state index in [-0.39, 0.29) is 24.3 Å². The van der Waals surface area contributed by atoms with E-state index in [9.17, 15) is 14.4 Å². The first-order chi connectivity index (χ1) is 15.5. The van der Waals surface area contributed by atoms with Crippen LogP contribution in [0.2, 0.25) is 0 Å². The van der Waals surface area contributed by atoms with Crippen molar-refractivity contribution >= 4 is 18.0 Å². The molecule has 7 heteroatoms. The van der Waals surface area contributed by atoms with Gasteiger partial charge in [-0.15, -0.1) is 0 Å². The Morgan fingerprint density at radius 2 is 1.55 bits per heavy atom. The first-order valence-electron chi connectivity index (χ1n) is 11.1. The van der Waals surface area contributed by atoms with E-state index in [1.54, 1.807) is 13.8 Å². The second kappa shape index (κ2) is 9.65. The zero-order valence-corrected chi connectivity index (χ0v) is 19.8. The summed E-state index contributed by atoms with van der Waals surface area (Å²) >= 11 is 0. The normalized spacial score (nSPS) is 13.8. The molecule has 3 rings (SSSR count). The van der Waals surface area contributed by atoms with Crippen LogP contribution in [0.3, 0.4) is 0 Å². The summed E-state index contributed by atoms with van der Waals surface area (Å²) in [6, 6.07) is 15.7. The van der Waals surface area contributed by atoms with Crippen LogP contribution >= 0.6 is 0 Å². The number of carbonyl (C=O) groups excluding carboxylic acids is 2. The fourth-order valence-corrected chi connectivity index (χ4v) is 4.85. The van der Waals surface area contributed by atoms with Crippen molar-refractivity contribution in [1.82, 2.24) is 10.2 Å². The number of benzene rings is 2. The average molecular weight is 453 g/mol. The Bertz CT molecular complexity index is 1000. The van der Waals surface area contributed by atoms with Crippen molar-refractivity contribution in [2.24, 2.45) is 11.3 Å². The minimum atomic E-state index is -1.09. The van der Waals surface area contributed by atoms with Gasteiger partial charge in [-0.2, -0.15) is 0 Å². The van der Waals surface area contributed by atoms with E-state index in [4.69, 9.17) is 9.84 Å². The maximum absolute atomic E-state index is 12.9. The lowest BCUT2D eigenvalue weighted by molar-refractivity contribution is -0.148. The van der Waals surface area contributed by atoms with Gasteiger partial charge < -0.3 is 20.1 Å². The van der Waals surface area contributed by atoms with Crippen molar-refractivity contribution in [2.75, 3.05) is 20.2 Å². The molecule has 0 radical (unpaired) electrons. The predicted octanol–water partition coefficient (Wildman–Crippen LogP) is 4.12. The minimum Gasteiger partial charge on any atom is -0.480 e. The van der Waals surface area contributed by atoms with E-state index < -0.39 is 30.1 Å². The molecule has 2 aromatic carbocycles. The molecule has 1 atom stereocenters. The number of likely N-dealkylation sites (N-methyl/N-ethyl adjacent to an activating group) is 1. The van der Waals surface area contributed by atoms with Crippen LogP contribution in [0.25, 0.3) is 11.1 Å². The van der Waals surface area contributed by atoms with Crippen molar-refractivity contribution < 1.29 is 24.2 Å². The van der Waals surface area contributed by atoms with E-state index >= 15 is 0 Å². The van der Waals surface area contributed by atoms with Crippen molar-refractivity contribution in [3.8, 4) is 11.1 Å². The lowest BCUT2D eigenvalue weighted by Crippen LogP contribution is -2.55. The van der Waals surface area contributed by atoms with Crippen LogP contribution in [0.15, 0.2) is 48.5 Å². The Labute approximate surface area is 194 Å². The molecule has 2 aromatic rings. The molecule has 0 fully saturated rings. The highest BCUT2D eigenvalue weighted by Crippen LogP contribution is 2.44. The Hall–Kier alpha value is -3.35. The summed E-state index contributed by atoms with van der Waals surface area (Å²) in [7, 11) is 1.45. The van der Waals surface area contributed by atoms with Gasteiger partial charge in [-0.25, -0.2) is 4.79 Å². The number of carboxylic acid groups (broad SMARTS) is 1. The number of carboxylic acids is 1. The third kappa shape index (κ3) is 5.02. The molecule has 0 aromatic heterocycles. The van der Waals surface area contributed by atoms with Gasteiger partial charge in [0.25, 0.3) is 0 Å². The second-order valence-electron chi connectivity index (χ2n) is 9.47. The molecule has 176 valence electrons. The topological polar surface area (TPSA) is 95.9 Å². The fourth-order valence-electron chi connectivity index (χ4n) is 4.85. The largest absolute Gasteiger partial charge is 0.480 e. The Morgan fingerprint density at radius 3 is 2.03 bits per heavy atom. The number of nitrogens with one attached hydrogen (secondary N) is 1. The van der Waals surface area contributed by atoms with Crippen molar-refractivity contribution in [3.05, 3.63) is 59.7 Å². The van der Waals surface area contributed by atoms with Crippen LogP contribution in [-0.4, -0.2) is 54.2 Å². The number of aliphatic carboxylic acids is 1. The van der Waals surface area contributed by atoms with Crippen molar-refractivity contribution in [1.29, 1.82) is 0 Å². The maximum Gasteiger partial charge on any atom is 0.407 e. The van der Waals surface area contributed by atoms with Gasteiger partial charge in [0, 0.05) is 19.0 Å². The van der Waals surface area contributed by atoms with E-state index in [1.165, 1.54) is 7.05 Å². The van der Waals surface area contributed by atoms with Gasteiger partial charge in [-0.3, -0.25) is 9.59 Å². The monoisotopic (exact) mass is 452 g/mol. The van der Waals surface area contributed by atoms with E-state index in [0.29, 0.717) is 0 Å². The standard InChI is InChI=1S/C26H32N2O5/c1-16(2)23(26(3,4)24(31)28(5)14-22(29)30)27-25(32)33-15-21-19-12-8-6-10-17(19)18-11-7-9-13-20(18)21/h6-13,16,21,23H,14-15H2,1-5H3,(H,27,32)(H,29,30). The molecule has 1 unspecified atom stereocenters. The highest BCUT2D eigenvalue weighted by atomic mass is 16.5. The molecule has 1 aliphatic rings. The first kappa shape index (κ1) is 24.3. The van der Waals surface area contributed by atoms with Crippen LogP contribution < -0.4 is 5.32 Å². The second-order valence-corrected chi connectivity index (χ2v) is 9.47. The van der Waals surface area contributed by atoms with Gasteiger partial charge in [0.15, 0.2) is 0 Å². The molecule has 0 saturated carbocycles. The van der Waals surface area contributed by atoms with Crippen LogP contribution in [-0.2, 0) is 14.3 Å². The summed E-state index contributed by atoms with van der Waals surface area (Å²) in [5, 5.41) is 11.9. The van der Waals surface area contributed by atoms with Gasteiger partial charge in [-0.1, -0.05) is 62.4 Å². The lowest BCUT2D eigenvalue weighted by Gasteiger charge is -2.38. The molecular weight excluding hydrogens is 420 g/mol. The average Bonchev–Trinajstić information content (AvgIpc) is 3.08. The summed E-state index contributed by atoms with van der Waals surface area (Å²) in [5.74, 6) is -1.59. The van der Waals surface area contributed by atoms with Gasteiger partial charge in [0.2, 0.25) is 5.91 Å². The Morgan fingerprint density at radius 1 is 1.03 bits per heavy atom. The molecule has 0 bridgehead atoms. The molecule has 7 nitrogen and oxygen atoms in total. The van der Waals surface area contributed by atoms with E-state index in [2.05, 4.69) is 29.6 Å². The highest BCUT2D eigenvalue weighted by molar-refractivity contribution is 5.86.